The van der Waals surface area contributed by atoms with E-state index in [1.807, 2.05) is 0 Å². The average Bonchev–Trinajstić information content (AvgIpc) is 3.54. The maximum absolute atomic E-state index is 13.4. The van der Waals surface area contributed by atoms with Gasteiger partial charge in [0.1, 0.15) is 17.5 Å². The number of aliphatic hydroxyl groups excluding tert-OH is 1. The van der Waals surface area contributed by atoms with Crippen LogP contribution < -0.4 is 14.9 Å². The minimum Gasteiger partial charge on any atom is -0.394 e. The van der Waals surface area contributed by atoms with Gasteiger partial charge < -0.3 is 15.7 Å². The van der Waals surface area contributed by atoms with Crippen LogP contribution in [0.15, 0.2) is 36.4 Å². The molecule has 8 nitrogen and oxygen atoms in total. The fraction of sp³-hybridized carbons (Fsp3) is 0.429. The first-order valence-corrected chi connectivity index (χ1v) is 11.9. The summed E-state index contributed by atoms with van der Waals surface area (Å²) >= 11 is 0. The number of sulfonamides is 1. The van der Waals surface area contributed by atoms with E-state index in [9.17, 15) is 22.7 Å². The zero-order valence-electron chi connectivity index (χ0n) is 17.5. The van der Waals surface area contributed by atoms with Gasteiger partial charge in [-0.25, -0.2) is 17.8 Å². The standard InChI is InChI=1S/C21H27FN4O4S/c1-26(31(2,29)30)20-11-16(10-19(25-20)23-12-14-6-7-14)21(28)24-18(13-27)9-15-4-3-5-17(22)8-15/h3-5,8,10-11,14,18,27H,6-7,9,12-13H2,1-2H3,(H,23,25)(H,24,28). The van der Waals surface area contributed by atoms with Crippen LogP contribution in [0.5, 0.6) is 0 Å². The number of halogens is 1. The fourth-order valence-electron chi connectivity index (χ4n) is 3.02. The third-order valence-electron chi connectivity index (χ3n) is 5.09. The Balaban J connectivity index is 1.80. The molecule has 3 N–H and O–H groups in total. The van der Waals surface area contributed by atoms with Gasteiger partial charge in [-0.3, -0.25) is 9.10 Å². The van der Waals surface area contributed by atoms with E-state index in [1.54, 1.807) is 18.2 Å². The lowest BCUT2D eigenvalue weighted by atomic mass is 10.1. The van der Waals surface area contributed by atoms with E-state index in [0.29, 0.717) is 23.8 Å². The molecule has 1 unspecified atom stereocenters. The normalized spacial score (nSPS) is 14.7. The second kappa shape index (κ2) is 9.61. The lowest BCUT2D eigenvalue weighted by Crippen LogP contribution is -2.39. The molecule has 168 valence electrons. The highest BCUT2D eigenvalue weighted by Gasteiger charge is 2.23. The summed E-state index contributed by atoms with van der Waals surface area (Å²) in [4.78, 5) is 17.2. The van der Waals surface area contributed by atoms with E-state index in [2.05, 4.69) is 15.6 Å². The van der Waals surface area contributed by atoms with Gasteiger partial charge >= 0.3 is 0 Å². The number of nitrogens with one attached hydrogen (secondary N) is 2. The number of benzene rings is 1. The van der Waals surface area contributed by atoms with Crippen molar-refractivity contribution < 1.29 is 22.7 Å². The quantitative estimate of drug-likeness (QED) is 0.509. The maximum Gasteiger partial charge on any atom is 0.251 e. The highest BCUT2D eigenvalue weighted by Crippen LogP contribution is 2.29. The van der Waals surface area contributed by atoms with Crippen molar-refractivity contribution in [2.45, 2.75) is 25.3 Å². The molecule has 31 heavy (non-hydrogen) atoms. The molecular formula is C21H27FN4O4S. The van der Waals surface area contributed by atoms with Gasteiger partial charge in [0.2, 0.25) is 10.0 Å². The molecule has 1 atom stereocenters. The number of hydrogen-bond donors (Lipinski definition) is 3. The van der Waals surface area contributed by atoms with E-state index in [-0.39, 0.29) is 24.4 Å². The number of hydrogen-bond acceptors (Lipinski definition) is 6. The smallest absolute Gasteiger partial charge is 0.251 e. The van der Waals surface area contributed by atoms with Crippen molar-refractivity contribution in [2.24, 2.45) is 5.92 Å². The molecule has 1 aliphatic rings. The van der Waals surface area contributed by atoms with Crippen LogP contribution in [0.4, 0.5) is 16.0 Å². The number of carbonyl (C=O) groups excluding carboxylic acids is 1. The molecule has 2 aromatic rings. The Morgan fingerprint density at radius 1 is 1.32 bits per heavy atom. The largest absolute Gasteiger partial charge is 0.394 e. The summed E-state index contributed by atoms with van der Waals surface area (Å²) in [6.07, 6.45) is 3.55. The lowest BCUT2D eigenvalue weighted by Gasteiger charge is -2.20. The van der Waals surface area contributed by atoms with Gasteiger partial charge in [0.15, 0.2) is 0 Å². The van der Waals surface area contributed by atoms with Gasteiger partial charge in [0.25, 0.3) is 5.91 Å². The third-order valence-corrected chi connectivity index (χ3v) is 6.27. The topological polar surface area (TPSA) is 112 Å². The molecular weight excluding hydrogens is 423 g/mol. The molecule has 1 fully saturated rings. The van der Waals surface area contributed by atoms with E-state index in [4.69, 9.17) is 0 Å². The predicted octanol–water partition coefficient (Wildman–Crippen LogP) is 1.77. The van der Waals surface area contributed by atoms with E-state index >= 15 is 0 Å². The summed E-state index contributed by atoms with van der Waals surface area (Å²) in [6, 6.07) is 8.24. The molecule has 0 radical (unpaired) electrons. The number of pyridine rings is 1. The van der Waals surface area contributed by atoms with E-state index < -0.39 is 27.8 Å². The number of amides is 1. The summed E-state index contributed by atoms with van der Waals surface area (Å²) < 4.78 is 38.3. The Morgan fingerprint density at radius 3 is 2.68 bits per heavy atom. The fourth-order valence-corrected chi connectivity index (χ4v) is 3.45. The number of aliphatic hydroxyl groups is 1. The van der Waals surface area contributed by atoms with Crippen molar-refractivity contribution in [1.29, 1.82) is 0 Å². The Kier molecular flexibility index (Phi) is 7.11. The monoisotopic (exact) mass is 450 g/mol. The summed E-state index contributed by atoms with van der Waals surface area (Å²) in [5.74, 6) is 0.181. The Hall–Kier alpha value is -2.72. The minimum absolute atomic E-state index is 0.110. The van der Waals surface area contributed by atoms with E-state index in [0.717, 1.165) is 23.4 Å². The molecule has 3 rings (SSSR count). The van der Waals surface area contributed by atoms with Crippen molar-refractivity contribution >= 4 is 27.6 Å². The summed E-state index contributed by atoms with van der Waals surface area (Å²) in [5, 5.41) is 15.6. The van der Waals surface area contributed by atoms with Gasteiger partial charge in [-0.05, 0) is 55.0 Å². The molecule has 0 saturated heterocycles. The Morgan fingerprint density at radius 2 is 2.06 bits per heavy atom. The molecule has 0 spiro atoms. The van der Waals surface area contributed by atoms with Crippen LogP contribution in [-0.2, 0) is 16.4 Å². The van der Waals surface area contributed by atoms with Crippen LogP contribution in [0.3, 0.4) is 0 Å². The first kappa shape index (κ1) is 23.0. The van der Waals surface area contributed by atoms with Gasteiger partial charge in [-0.1, -0.05) is 12.1 Å². The number of rotatable bonds is 10. The third kappa shape index (κ3) is 6.63. The predicted molar refractivity (Wildman–Crippen MR) is 117 cm³/mol. The molecule has 1 saturated carbocycles. The van der Waals surface area contributed by atoms with Crippen LogP contribution in [0, 0.1) is 11.7 Å². The molecule has 10 heteroatoms. The minimum atomic E-state index is -3.57. The SMILES string of the molecule is CN(c1cc(C(=O)NC(CO)Cc2cccc(F)c2)cc(NCC2CC2)n1)S(C)(=O)=O. The van der Waals surface area contributed by atoms with Crippen LogP contribution in [0.25, 0.3) is 0 Å². The molecule has 0 aliphatic heterocycles. The van der Waals surface area contributed by atoms with Crippen molar-refractivity contribution in [3.63, 3.8) is 0 Å². The first-order chi connectivity index (χ1) is 14.7. The molecule has 1 aromatic heterocycles. The van der Waals surface area contributed by atoms with Gasteiger partial charge in [0.05, 0.1) is 18.9 Å². The first-order valence-electron chi connectivity index (χ1n) is 10.0. The number of carbonyl (C=O) groups is 1. The number of anilines is 2. The Bertz CT molecular complexity index is 1040. The Labute approximate surface area is 181 Å². The van der Waals surface area contributed by atoms with Crippen LogP contribution >= 0.6 is 0 Å². The van der Waals surface area contributed by atoms with Crippen molar-refractivity contribution in [3.05, 3.63) is 53.3 Å². The van der Waals surface area contributed by atoms with Crippen LogP contribution in [0.1, 0.15) is 28.8 Å². The second-order valence-corrected chi connectivity index (χ2v) is 9.85. The highest BCUT2D eigenvalue weighted by atomic mass is 32.2. The summed E-state index contributed by atoms with van der Waals surface area (Å²) in [7, 11) is -2.21. The van der Waals surface area contributed by atoms with Gasteiger partial charge in [-0.2, -0.15) is 0 Å². The number of aromatic nitrogens is 1. The van der Waals surface area contributed by atoms with E-state index in [1.165, 1.54) is 25.2 Å². The lowest BCUT2D eigenvalue weighted by molar-refractivity contribution is 0.0916. The van der Waals surface area contributed by atoms with Crippen LogP contribution in [-0.4, -0.2) is 56.9 Å². The molecule has 1 aromatic carbocycles. The van der Waals surface area contributed by atoms with Gasteiger partial charge in [-0.15, -0.1) is 0 Å². The summed E-state index contributed by atoms with van der Waals surface area (Å²) in [6.45, 7) is 0.356. The van der Waals surface area contributed by atoms with Crippen molar-refractivity contribution in [2.75, 3.05) is 36.1 Å². The number of nitrogens with zero attached hydrogens (tertiary/aromatic N) is 2. The highest BCUT2D eigenvalue weighted by molar-refractivity contribution is 7.92. The van der Waals surface area contributed by atoms with Crippen molar-refractivity contribution in [3.8, 4) is 0 Å². The maximum atomic E-state index is 13.4. The molecule has 1 amide bonds. The molecule has 1 heterocycles. The van der Waals surface area contributed by atoms with Gasteiger partial charge in [0, 0.05) is 19.2 Å². The molecule has 1 aliphatic carbocycles. The zero-order chi connectivity index (χ0) is 22.6. The average molecular weight is 451 g/mol. The molecule has 0 bridgehead atoms. The second-order valence-electron chi connectivity index (χ2n) is 7.84. The van der Waals surface area contributed by atoms with Crippen LogP contribution in [0.2, 0.25) is 0 Å². The van der Waals surface area contributed by atoms with Crippen molar-refractivity contribution in [1.82, 2.24) is 10.3 Å². The zero-order valence-corrected chi connectivity index (χ0v) is 18.3. The summed E-state index contributed by atoms with van der Waals surface area (Å²) in [5.41, 5.74) is 0.842.